The van der Waals surface area contributed by atoms with Gasteiger partial charge in [0.2, 0.25) is 11.8 Å². The summed E-state index contributed by atoms with van der Waals surface area (Å²) in [6.45, 7) is 16.7. The molecule has 2 N–H and O–H groups in total. The lowest BCUT2D eigenvalue weighted by Crippen LogP contribution is -2.58. The van der Waals surface area contributed by atoms with E-state index < -0.39 is 59.6 Å². The number of hydrogen-bond donors (Lipinski definition) is 2. The fourth-order valence-electron chi connectivity index (χ4n) is 8.17. The van der Waals surface area contributed by atoms with Crippen LogP contribution in [0.25, 0.3) is 0 Å². The van der Waals surface area contributed by atoms with Crippen LogP contribution in [0.2, 0.25) is 0 Å². The van der Waals surface area contributed by atoms with Gasteiger partial charge in [0, 0.05) is 37.4 Å². The van der Waals surface area contributed by atoms with Crippen molar-refractivity contribution in [2.45, 2.75) is 89.3 Å². The van der Waals surface area contributed by atoms with Crippen LogP contribution in [0.3, 0.4) is 0 Å². The number of esters is 1. The molecule has 2 aromatic rings. The van der Waals surface area contributed by atoms with E-state index in [0.29, 0.717) is 30.5 Å². The standard InChI is InChI=1S/C40H52N4O7/c1-7-11-17-32(46)41-27(6)35(28-15-13-12-14-16-28)50-39(49)33-31-22-23-40(51-31)34(33)37(47)44(26(5)25-45)36(40)38(48)43(24-8-2)30-20-18-29(19-21-30)42(9-3)10-4/h7-8,12-16,18-21,26-27,31,33-36,45H,1-2,9-11,17,22-25H2,3-6H3,(H,41,46)/t26-,27+,31+,33-,34-,35+,36+,40-/m1/s1. The Kier molecular flexibility index (Phi) is 12.0. The topological polar surface area (TPSA) is 129 Å². The van der Waals surface area contributed by atoms with Gasteiger partial charge in [-0.1, -0.05) is 42.5 Å². The lowest BCUT2D eigenvalue weighted by atomic mass is 9.70. The molecule has 3 heterocycles. The Balaban J connectivity index is 1.47. The Morgan fingerprint density at radius 3 is 2.33 bits per heavy atom. The molecule has 8 atom stereocenters. The third-order valence-electron chi connectivity index (χ3n) is 10.6. The summed E-state index contributed by atoms with van der Waals surface area (Å²) in [6, 6.07) is 14.5. The minimum absolute atomic E-state index is 0.181. The molecule has 1 spiro atoms. The number of aliphatic hydroxyl groups is 1. The van der Waals surface area contributed by atoms with Crippen LogP contribution in [0.1, 0.15) is 65.0 Å². The molecule has 274 valence electrons. The highest BCUT2D eigenvalue weighted by atomic mass is 16.6. The van der Waals surface area contributed by atoms with Crippen molar-refractivity contribution >= 4 is 35.1 Å². The number of carbonyl (C=O) groups is 4. The molecule has 11 nitrogen and oxygen atoms in total. The minimum atomic E-state index is -1.29. The summed E-state index contributed by atoms with van der Waals surface area (Å²) >= 11 is 0. The number of rotatable bonds is 17. The van der Waals surface area contributed by atoms with Gasteiger partial charge >= 0.3 is 5.97 Å². The number of ether oxygens (including phenoxy) is 2. The largest absolute Gasteiger partial charge is 0.455 e. The van der Waals surface area contributed by atoms with Gasteiger partial charge in [0.1, 0.15) is 17.7 Å². The molecule has 3 fully saturated rings. The van der Waals surface area contributed by atoms with Crippen LogP contribution in [0, 0.1) is 11.8 Å². The third-order valence-corrected chi connectivity index (χ3v) is 10.6. The summed E-state index contributed by atoms with van der Waals surface area (Å²) < 4.78 is 12.9. The summed E-state index contributed by atoms with van der Waals surface area (Å²) in [5, 5.41) is 13.3. The summed E-state index contributed by atoms with van der Waals surface area (Å²) in [4.78, 5) is 61.5. The van der Waals surface area contributed by atoms with Crippen LogP contribution in [0.4, 0.5) is 11.4 Å². The average molecular weight is 701 g/mol. The smallest absolute Gasteiger partial charge is 0.313 e. The van der Waals surface area contributed by atoms with Crippen molar-refractivity contribution in [3.63, 3.8) is 0 Å². The van der Waals surface area contributed by atoms with Crippen molar-refractivity contribution in [1.82, 2.24) is 10.2 Å². The number of amides is 3. The van der Waals surface area contributed by atoms with Crippen molar-refractivity contribution in [2.24, 2.45) is 11.8 Å². The molecule has 0 radical (unpaired) electrons. The molecule has 3 aliphatic heterocycles. The number of nitrogens with one attached hydrogen (secondary N) is 1. The van der Waals surface area contributed by atoms with E-state index in [2.05, 4.69) is 37.2 Å². The van der Waals surface area contributed by atoms with E-state index in [0.717, 1.165) is 18.8 Å². The molecule has 0 unspecified atom stereocenters. The number of anilines is 2. The van der Waals surface area contributed by atoms with Crippen molar-refractivity contribution in [1.29, 1.82) is 0 Å². The molecule has 3 amide bonds. The predicted molar refractivity (Wildman–Crippen MR) is 196 cm³/mol. The number of carbonyl (C=O) groups excluding carboxylic acids is 4. The van der Waals surface area contributed by atoms with Crippen molar-refractivity contribution in [3.8, 4) is 0 Å². The molecule has 11 heteroatoms. The monoisotopic (exact) mass is 700 g/mol. The number of fused-ring (bicyclic) bond motifs is 1. The number of benzene rings is 2. The normalized spacial score (nSPS) is 25.0. The Morgan fingerprint density at radius 2 is 1.73 bits per heavy atom. The van der Waals surface area contributed by atoms with E-state index in [9.17, 15) is 24.3 Å². The SMILES string of the molecule is C=CCCC(=O)N[C@@H](C)[C@H](OC(=O)[C@@H]1[C@@H]2CC[C@]3(O2)[C@H](C(=O)N(CC=C)c2ccc(N(CC)CC)cc2)N([C@H](C)CO)C(=O)[C@@H]13)c1ccccc1. The maximum absolute atomic E-state index is 14.8. The fraction of sp³-hybridized carbons (Fsp3) is 0.500. The molecular weight excluding hydrogens is 648 g/mol. The van der Waals surface area contributed by atoms with Crippen molar-refractivity contribution in [2.75, 3.05) is 36.0 Å². The van der Waals surface area contributed by atoms with Crippen LogP contribution in [-0.4, -0.2) is 89.8 Å². The van der Waals surface area contributed by atoms with E-state index in [1.54, 1.807) is 30.9 Å². The van der Waals surface area contributed by atoms with Gasteiger partial charge in [-0.3, -0.25) is 19.2 Å². The van der Waals surface area contributed by atoms with E-state index in [-0.39, 0.29) is 31.4 Å². The molecular formula is C40H52N4O7. The zero-order chi connectivity index (χ0) is 36.9. The van der Waals surface area contributed by atoms with Gasteiger partial charge in [-0.25, -0.2) is 0 Å². The Hall–Kier alpha value is -4.48. The van der Waals surface area contributed by atoms with Gasteiger partial charge in [-0.2, -0.15) is 0 Å². The van der Waals surface area contributed by atoms with E-state index in [1.165, 1.54) is 4.90 Å². The molecule has 51 heavy (non-hydrogen) atoms. The molecule has 3 aliphatic rings. The molecule has 0 aliphatic carbocycles. The minimum Gasteiger partial charge on any atom is -0.455 e. The molecule has 3 saturated heterocycles. The number of likely N-dealkylation sites (tertiary alicyclic amines) is 1. The van der Waals surface area contributed by atoms with Crippen molar-refractivity contribution in [3.05, 3.63) is 85.5 Å². The second kappa shape index (κ2) is 16.2. The van der Waals surface area contributed by atoms with Crippen LogP contribution >= 0.6 is 0 Å². The first-order valence-corrected chi connectivity index (χ1v) is 18.1. The molecule has 2 aromatic carbocycles. The van der Waals surface area contributed by atoms with Gasteiger partial charge in [0.05, 0.1) is 36.6 Å². The second-order valence-corrected chi connectivity index (χ2v) is 13.7. The van der Waals surface area contributed by atoms with E-state index >= 15 is 0 Å². The Bertz CT molecular complexity index is 1580. The highest BCUT2D eigenvalue weighted by Gasteiger charge is 2.75. The highest BCUT2D eigenvalue weighted by Crippen LogP contribution is 2.59. The van der Waals surface area contributed by atoms with E-state index in [1.807, 2.05) is 54.6 Å². The number of aliphatic hydroxyl groups excluding tert-OH is 1. The quantitative estimate of drug-likeness (QED) is 0.182. The zero-order valence-electron chi connectivity index (χ0n) is 30.2. The van der Waals surface area contributed by atoms with Gasteiger partial charge in [-0.05, 0) is 76.8 Å². The lowest BCUT2D eigenvalue weighted by Gasteiger charge is -2.38. The number of hydrogen-bond acceptors (Lipinski definition) is 8. The van der Waals surface area contributed by atoms with Crippen LogP contribution in [0.5, 0.6) is 0 Å². The third kappa shape index (κ3) is 7.19. The first kappa shape index (κ1) is 37.8. The average Bonchev–Trinajstić information content (AvgIpc) is 3.79. The van der Waals surface area contributed by atoms with Crippen LogP contribution in [0.15, 0.2) is 79.9 Å². The van der Waals surface area contributed by atoms with Crippen molar-refractivity contribution < 1.29 is 33.8 Å². The fourth-order valence-corrected chi connectivity index (χ4v) is 8.17. The second-order valence-electron chi connectivity index (χ2n) is 13.7. The Labute approximate surface area is 301 Å². The van der Waals surface area contributed by atoms with Gasteiger partial charge < -0.3 is 34.6 Å². The lowest BCUT2D eigenvalue weighted by molar-refractivity contribution is -0.162. The number of nitrogens with zero attached hydrogens (tertiary/aromatic N) is 3. The highest BCUT2D eigenvalue weighted by molar-refractivity contribution is 6.05. The van der Waals surface area contributed by atoms with E-state index in [4.69, 9.17) is 9.47 Å². The zero-order valence-corrected chi connectivity index (χ0v) is 30.2. The van der Waals surface area contributed by atoms with Gasteiger partial charge in [-0.15, -0.1) is 13.2 Å². The molecule has 0 aromatic heterocycles. The summed E-state index contributed by atoms with van der Waals surface area (Å²) in [6.07, 6.45) is 3.43. The van der Waals surface area contributed by atoms with Crippen LogP contribution in [-0.2, 0) is 28.7 Å². The molecule has 5 rings (SSSR count). The molecule has 2 bridgehead atoms. The maximum atomic E-state index is 14.8. The maximum Gasteiger partial charge on any atom is 0.313 e. The summed E-state index contributed by atoms with van der Waals surface area (Å²) in [7, 11) is 0. The summed E-state index contributed by atoms with van der Waals surface area (Å²) in [5.74, 6) is -3.58. The predicted octanol–water partition coefficient (Wildman–Crippen LogP) is 4.56. The molecule has 0 saturated carbocycles. The Morgan fingerprint density at radius 1 is 1.06 bits per heavy atom. The first-order valence-electron chi connectivity index (χ1n) is 18.1. The number of allylic oxidation sites excluding steroid dienone is 1. The van der Waals surface area contributed by atoms with Gasteiger partial charge in [0.25, 0.3) is 5.91 Å². The van der Waals surface area contributed by atoms with Crippen LogP contribution < -0.4 is 15.1 Å². The van der Waals surface area contributed by atoms with Gasteiger partial charge in [0.15, 0.2) is 0 Å². The first-order chi connectivity index (χ1) is 24.6. The summed E-state index contributed by atoms with van der Waals surface area (Å²) in [5.41, 5.74) is 1.06.